The molecule has 0 aromatic heterocycles. The molecule has 1 heterocycles. The molecule has 1 unspecified atom stereocenters. The fourth-order valence-corrected chi connectivity index (χ4v) is 3.08. The van der Waals surface area contributed by atoms with Crippen LogP contribution < -0.4 is 0 Å². The molecular formula is C18H36N2. The largest absolute Gasteiger partial charge is 0.356 e. The molecule has 0 N–H and O–H groups in total. The van der Waals surface area contributed by atoms with E-state index >= 15 is 0 Å². The van der Waals surface area contributed by atoms with Crippen LogP contribution in [-0.2, 0) is 0 Å². The highest BCUT2D eigenvalue weighted by atomic mass is 15.4. The maximum absolute atomic E-state index is 2.58. The molecule has 2 heteroatoms. The van der Waals surface area contributed by atoms with Crippen LogP contribution in [0.3, 0.4) is 0 Å². The van der Waals surface area contributed by atoms with Crippen LogP contribution in [0.1, 0.15) is 85.0 Å². The van der Waals surface area contributed by atoms with Crippen molar-refractivity contribution in [1.29, 1.82) is 0 Å². The summed E-state index contributed by atoms with van der Waals surface area (Å²) >= 11 is 0. The predicted molar refractivity (Wildman–Crippen MR) is 89.5 cm³/mol. The van der Waals surface area contributed by atoms with Gasteiger partial charge in [0.2, 0.25) is 0 Å². The minimum Gasteiger partial charge on any atom is -0.356 e. The summed E-state index contributed by atoms with van der Waals surface area (Å²) in [6.07, 6.45) is 19.0. The zero-order valence-corrected chi connectivity index (χ0v) is 14.1. The molecule has 1 aliphatic heterocycles. The van der Waals surface area contributed by atoms with E-state index in [9.17, 15) is 0 Å². The van der Waals surface area contributed by atoms with Gasteiger partial charge in [-0.15, -0.1) is 0 Å². The van der Waals surface area contributed by atoms with E-state index in [4.69, 9.17) is 0 Å². The summed E-state index contributed by atoms with van der Waals surface area (Å²) < 4.78 is 0. The average Bonchev–Trinajstić information content (AvgIpc) is 2.85. The quantitative estimate of drug-likeness (QED) is 0.444. The van der Waals surface area contributed by atoms with Gasteiger partial charge in [0, 0.05) is 25.5 Å². The molecule has 0 bridgehead atoms. The molecule has 1 rings (SSSR count). The Labute approximate surface area is 127 Å². The van der Waals surface area contributed by atoms with Gasteiger partial charge >= 0.3 is 0 Å². The maximum Gasteiger partial charge on any atom is 0.101 e. The lowest BCUT2D eigenvalue weighted by molar-refractivity contribution is 0.142. The van der Waals surface area contributed by atoms with Crippen molar-refractivity contribution < 1.29 is 0 Å². The van der Waals surface area contributed by atoms with Crippen LogP contribution in [0, 0.1) is 0 Å². The third-order valence-electron chi connectivity index (χ3n) is 4.42. The third-order valence-corrected chi connectivity index (χ3v) is 4.42. The number of rotatable bonds is 12. The van der Waals surface area contributed by atoms with E-state index in [1.165, 1.54) is 70.8 Å². The van der Waals surface area contributed by atoms with Gasteiger partial charge in [0.15, 0.2) is 0 Å². The monoisotopic (exact) mass is 280 g/mol. The molecule has 20 heavy (non-hydrogen) atoms. The minimum absolute atomic E-state index is 0.642. The lowest BCUT2D eigenvalue weighted by Crippen LogP contribution is -2.38. The van der Waals surface area contributed by atoms with Crippen LogP contribution in [0.4, 0.5) is 0 Å². The molecule has 0 fully saturated rings. The zero-order valence-electron chi connectivity index (χ0n) is 14.1. The molecule has 2 nitrogen and oxygen atoms in total. The topological polar surface area (TPSA) is 6.48 Å². The summed E-state index contributed by atoms with van der Waals surface area (Å²) in [4.78, 5) is 5.10. The van der Waals surface area contributed by atoms with Crippen LogP contribution in [0.5, 0.6) is 0 Å². The first-order valence-electron chi connectivity index (χ1n) is 9.03. The molecule has 0 amide bonds. The SMILES string of the molecule is CCCCCCCN1C=CN(CC)C1CCCCCC. The maximum atomic E-state index is 2.58. The van der Waals surface area contributed by atoms with Gasteiger partial charge in [-0.3, -0.25) is 0 Å². The van der Waals surface area contributed by atoms with E-state index in [-0.39, 0.29) is 0 Å². The summed E-state index contributed by atoms with van der Waals surface area (Å²) in [7, 11) is 0. The zero-order chi connectivity index (χ0) is 14.6. The van der Waals surface area contributed by atoms with Crippen molar-refractivity contribution in [3.05, 3.63) is 12.4 Å². The van der Waals surface area contributed by atoms with Crippen molar-refractivity contribution in [2.75, 3.05) is 13.1 Å². The van der Waals surface area contributed by atoms with E-state index < -0.39 is 0 Å². The van der Waals surface area contributed by atoms with Crippen LogP contribution in [0.15, 0.2) is 12.4 Å². The van der Waals surface area contributed by atoms with E-state index in [2.05, 4.69) is 43.0 Å². The van der Waals surface area contributed by atoms with Crippen LogP contribution in [0.25, 0.3) is 0 Å². The summed E-state index contributed by atoms with van der Waals surface area (Å²) in [5, 5.41) is 0. The average molecular weight is 280 g/mol. The lowest BCUT2D eigenvalue weighted by Gasteiger charge is -2.32. The van der Waals surface area contributed by atoms with Gasteiger partial charge in [-0.25, -0.2) is 0 Å². The van der Waals surface area contributed by atoms with Crippen molar-refractivity contribution in [2.24, 2.45) is 0 Å². The first kappa shape index (κ1) is 17.4. The molecular weight excluding hydrogens is 244 g/mol. The third kappa shape index (κ3) is 6.19. The Kier molecular flexibility index (Phi) is 9.61. The molecule has 118 valence electrons. The number of nitrogens with zero attached hydrogens (tertiary/aromatic N) is 2. The van der Waals surface area contributed by atoms with Gasteiger partial charge in [0.25, 0.3) is 0 Å². The van der Waals surface area contributed by atoms with Crippen LogP contribution in [0.2, 0.25) is 0 Å². The second kappa shape index (κ2) is 11.0. The predicted octanol–water partition coefficient (Wildman–Crippen LogP) is 5.36. The lowest BCUT2D eigenvalue weighted by atomic mass is 10.1. The first-order chi connectivity index (χ1) is 9.83. The highest BCUT2D eigenvalue weighted by molar-refractivity contribution is 4.96. The van der Waals surface area contributed by atoms with Crippen LogP contribution in [-0.4, -0.2) is 29.1 Å². The summed E-state index contributed by atoms with van der Waals surface area (Å²) in [5.41, 5.74) is 0. The van der Waals surface area contributed by atoms with Gasteiger partial charge in [-0.1, -0.05) is 58.8 Å². The van der Waals surface area contributed by atoms with Gasteiger partial charge < -0.3 is 9.80 Å². The molecule has 0 saturated heterocycles. The molecule has 1 atom stereocenters. The second-order valence-electron chi connectivity index (χ2n) is 6.11. The Morgan fingerprint density at radius 2 is 1.30 bits per heavy atom. The number of hydrogen-bond donors (Lipinski definition) is 0. The van der Waals surface area contributed by atoms with E-state index in [1.807, 2.05) is 0 Å². The van der Waals surface area contributed by atoms with E-state index in [0.717, 1.165) is 6.54 Å². The highest BCUT2D eigenvalue weighted by Crippen LogP contribution is 2.22. The van der Waals surface area contributed by atoms with Crippen molar-refractivity contribution >= 4 is 0 Å². The van der Waals surface area contributed by atoms with Gasteiger partial charge in [-0.2, -0.15) is 0 Å². The van der Waals surface area contributed by atoms with Crippen molar-refractivity contribution in [1.82, 2.24) is 9.80 Å². The molecule has 0 aromatic carbocycles. The number of unbranched alkanes of at least 4 members (excludes halogenated alkanes) is 7. The normalized spacial score (nSPS) is 18.2. The Morgan fingerprint density at radius 3 is 1.95 bits per heavy atom. The summed E-state index contributed by atoms with van der Waals surface area (Å²) in [6.45, 7) is 9.23. The molecule has 0 aliphatic carbocycles. The van der Waals surface area contributed by atoms with Crippen LogP contribution >= 0.6 is 0 Å². The van der Waals surface area contributed by atoms with Crippen molar-refractivity contribution in [3.8, 4) is 0 Å². The van der Waals surface area contributed by atoms with Gasteiger partial charge in [-0.05, 0) is 26.2 Å². The Balaban J connectivity index is 2.25. The Hall–Kier alpha value is -0.660. The van der Waals surface area contributed by atoms with E-state index in [1.54, 1.807) is 0 Å². The highest BCUT2D eigenvalue weighted by Gasteiger charge is 2.23. The summed E-state index contributed by atoms with van der Waals surface area (Å²) in [5.74, 6) is 0. The molecule has 0 radical (unpaired) electrons. The minimum atomic E-state index is 0.642. The van der Waals surface area contributed by atoms with Gasteiger partial charge in [0.05, 0.1) is 0 Å². The molecule has 0 spiro atoms. The molecule has 0 saturated carbocycles. The smallest absolute Gasteiger partial charge is 0.101 e. The molecule has 1 aliphatic rings. The Morgan fingerprint density at radius 1 is 0.700 bits per heavy atom. The molecule has 0 aromatic rings. The second-order valence-corrected chi connectivity index (χ2v) is 6.11. The fourth-order valence-electron chi connectivity index (χ4n) is 3.08. The standard InChI is InChI=1S/C18H36N2/c1-4-7-9-11-13-15-20-17-16-19(6-3)18(20)14-12-10-8-5-2/h16-18H,4-15H2,1-3H3. The fraction of sp³-hybridized carbons (Fsp3) is 0.889. The van der Waals surface area contributed by atoms with Gasteiger partial charge in [0.1, 0.15) is 6.17 Å². The Bertz CT molecular complexity index is 250. The van der Waals surface area contributed by atoms with Crippen molar-refractivity contribution in [3.63, 3.8) is 0 Å². The summed E-state index contributed by atoms with van der Waals surface area (Å²) in [6, 6.07) is 0. The van der Waals surface area contributed by atoms with Crippen molar-refractivity contribution in [2.45, 2.75) is 91.1 Å². The first-order valence-corrected chi connectivity index (χ1v) is 9.03. The number of hydrogen-bond acceptors (Lipinski definition) is 2. The van der Waals surface area contributed by atoms with E-state index in [0.29, 0.717) is 6.17 Å².